The van der Waals surface area contributed by atoms with Crippen LogP contribution >= 0.6 is 0 Å². The van der Waals surface area contributed by atoms with Crippen LogP contribution in [0.2, 0.25) is 0 Å². The van der Waals surface area contributed by atoms with E-state index >= 15 is 0 Å². The van der Waals surface area contributed by atoms with Crippen molar-refractivity contribution >= 4 is 79.0 Å². The van der Waals surface area contributed by atoms with Crippen LogP contribution in [-0.4, -0.2) is 11.3 Å². The Kier molecular flexibility index (Phi) is 15.1. The second kappa shape index (κ2) is 23.7. The van der Waals surface area contributed by atoms with Gasteiger partial charge in [-0.05, 0) is 200 Å². The number of hydrogen-bond donors (Lipinski definition) is 0. The van der Waals surface area contributed by atoms with Gasteiger partial charge in [0, 0.05) is 50.3 Å². The van der Waals surface area contributed by atoms with Gasteiger partial charge in [-0.3, -0.25) is 0 Å². The highest BCUT2D eigenvalue weighted by atomic mass is 15.2. The Bertz CT molecular complexity index is 5640. The first-order valence-corrected chi connectivity index (χ1v) is 37.2. The van der Waals surface area contributed by atoms with Crippen LogP contribution in [-0.2, 0) is 32.5 Å². The Hall–Kier alpha value is -10.7. The quantitative estimate of drug-likeness (QED) is 0.141. The number of aromatic nitrogens is 1. The second-order valence-corrected chi connectivity index (χ2v) is 34.6. The van der Waals surface area contributed by atoms with Crippen LogP contribution in [0.5, 0.6) is 0 Å². The molecule has 0 fully saturated rings. The first-order valence-electron chi connectivity index (χ1n) is 37.2. The summed E-state index contributed by atoms with van der Waals surface area (Å²) in [6, 6.07) is 111. The zero-order chi connectivity index (χ0) is 71.4. The molecule has 0 unspecified atom stereocenters. The molecule has 103 heavy (non-hydrogen) atoms. The van der Waals surface area contributed by atoms with E-state index in [0.717, 1.165) is 22.7 Å². The maximum absolute atomic E-state index is 2.71. The van der Waals surface area contributed by atoms with E-state index in [-0.39, 0.29) is 33.8 Å². The Labute approximate surface area is 611 Å². The predicted octanol–water partition coefficient (Wildman–Crippen LogP) is 24.7. The molecule has 3 heterocycles. The molecule has 1 aromatic heterocycles. The van der Waals surface area contributed by atoms with E-state index in [9.17, 15) is 0 Å². The lowest BCUT2D eigenvalue weighted by Crippen LogP contribution is -2.61. The third-order valence-corrected chi connectivity index (χ3v) is 22.9. The van der Waals surface area contributed by atoms with E-state index < -0.39 is 5.41 Å². The lowest BCUT2D eigenvalue weighted by atomic mass is 9.33. The standard InChI is InChI=1S/C99H92BN3/c1-94(2,3)67-44-39-64(40-45-67)77-56-71(96(7,8)9)48-53-86(77)102-88-52-43-66(63-29-19-16-20-30-63)55-84(88)100-83-51-50-74(60-90(83)103(92-59-73(98(13,14)15)58-91(102)93(92)100)87-54-49-72(97(10,11)12)57-78(87)65-41-46-68(47-42-65)95(4,5)6)101-85-38-28-26-36-76(85)80-61-79-75-35-25-27-37-81(75)99(82(79)62-89(80)101,69-31-21-17-22-32-69)70-33-23-18-24-34-70/h16-62H,1-15H3. The van der Waals surface area contributed by atoms with Gasteiger partial charge in [-0.1, -0.05) is 316 Å². The lowest BCUT2D eigenvalue weighted by Gasteiger charge is -2.46. The zero-order valence-electron chi connectivity index (χ0n) is 62.6. The van der Waals surface area contributed by atoms with Crippen LogP contribution in [0.3, 0.4) is 0 Å². The van der Waals surface area contributed by atoms with Crippen LogP contribution in [0.25, 0.3) is 72.0 Å². The van der Waals surface area contributed by atoms with E-state index in [4.69, 9.17) is 0 Å². The van der Waals surface area contributed by atoms with E-state index in [1.165, 1.54) is 150 Å². The number of benzene rings is 13. The summed E-state index contributed by atoms with van der Waals surface area (Å²) in [5, 5.41) is 2.46. The molecule has 0 bridgehead atoms. The van der Waals surface area contributed by atoms with Gasteiger partial charge in [0.25, 0.3) is 6.71 Å². The van der Waals surface area contributed by atoms with Crippen molar-refractivity contribution in [1.29, 1.82) is 0 Å². The second-order valence-electron chi connectivity index (χ2n) is 34.6. The van der Waals surface area contributed by atoms with Crippen molar-refractivity contribution in [3.05, 3.63) is 335 Å². The smallest absolute Gasteiger partial charge is 0.252 e. The van der Waals surface area contributed by atoms with Crippen molar-refractivity contribution in [2.45, 2.75) is 136 Å². The summed E-state index contributed by atoms with van der Waals surface area (Å²) in [5.41, 5.74) is 34.5. The molecule has 0 N–H and O–H groups in total. The van der Waals surface area contributed by atoms with Crippen molar-refractivity contribution in [2.75, 3.05) is 9.80 Å². The Morgan fingerprint density at radius 1 is 0.262 bits per heavy atom. The lowest BCUT2D eigenvalue weighted by molar-refractivity contribution is 0.589. The highest BCUT2D eigenvalue weighted by Crippen LogP contribution is 2.59. The molecule has 4 heteroatoms. The molecule has 3 nitrogen and oxygen atoms in total. The van der Waals surface area contributed by atoms with Crippen LogP contribution in [0.4, 0.5) is 34.1 Å². The first kappa shape index (κ1) is 65.6. The Morgan fingerprint density at radius 3 is 1.27 bits per heavy atom. The highest BCUT2D eigenvalue weighted by Gasteiger charge is 2.48. The minimum atomic E-state index is -0.587. The Morgan fingerprint density at radius 2 is 0.728 bits per heavy atom. The summed E-state index contributed by atoms with van der Waals surface area (Å²) in [4.78, 5) is 5.38. The number of rotatable bonds is 8. The van der Waals surface area contributed by atoms with Crippen molar-refractivity contribution in [3.63, 3.8) is 0 Å². The molecular weight excluding hydrogens is 1240 g/mol. The average molecular weight is 1330 g/mol. The van der Waals surface area contributed by atoms with Crippen molar-refractivity contribution in [3.8, 4) is 50.2 Å². The van der Waals surface area contributed by atoms with Gasteiger partial charge in [0.15, 0.2) is 0 Å². The summed E-state index contributed by atoms with van der Waals surface area (Å²) >= 11 is 0. The number of nitrogens with zero attached hydrogens (tertiary/aromatic N) is 3. The molecule has 0 spiro atoms. The fourth-order valence-electron chi connectivity index (χ4n) is 17.2. The predicted molar refractivity (Wildman–Crippen MR) is 442 cm³/mol. The zero-order valence-corrected chi connectivity index (χ0v) is 62.6. The van der Waals surface area contributed by atoms with Gasteiger partial charge in [-0.25, -0.2) is 0 Å². The van der Waals surface area contributed by atoms with Crippen molar-refractivity contribution in [1.82, 2.24) is 4.57 Å². The van der Waals surface area contributed by atoms with Crippen LogP contribution < -0.4 is 26.2 Å². The maximum Gasteiger partial charge on any atom is 0.252 e. The molecule has 3 aliphatic rings. The first-order chi connectivity index (χ1) is 49.2. The van der Waals surface area contributed by atoms with Crippen LogP contribution in [0.15, 0.2) is 285 Å². The van der Waals surface area contributed by atoms with E-state index in [0.29, 0.717) is 0 Å². The van der Waals surface area contributed by atoms with E-state index in [1.54, 1.807) is 0 Å². The topological polar surface area (TPSA) is 11.4 Å². The number of para-hydroxylation sites is 1. The molecular formula is C99H92BN3. The van der Waals surface area contributed by atoms with Gasteiger partial charge >= 0.3 is 0 Å². The third-order valence-electron chi connectivity index (χ3n) is 22.9. The number of fused-ring (bicyclic) bond motifs is 10. The minimum absolute atomic E-state index is 0.00105. The largest absolute Gasteiger partial charge is 0.311 e. The molecule has 13 aromatic carbocycles. The van der Waals surface area contributed by atoms with E-state index in [2.05, 4.69) is 403 Å². The summed E-state index contributed by atoms with van der Waals surface area (Å²) in [5.74, 6) is 0. The van der Waals surface area contributed by atoms with Crippen molar-refractivity contribution < 1.29 is 0 Å². The third kappa shape index (κ3) is 10.7. The summed E-state index contributed by atoms with van der Waals surface area (Å²) in [7, 11) is 0. The molecule has 1 aliphatic carbocycles. The highest BCUT2D eigenvalue weighted by molar-refractivity contribution is 7.00. The Balaban J connectivity index is 0.996. The monoisotopic (exact) mass is 1330 g/mol. The van der Waals surface area contributed by atoms with Gasteiger partial charge in [0.2, 0.25) is 0 Å². The molecule has 0 atom stereocenters. The van der Waals surface area contributed by atoms with Crippen LogP contribution in [0, 0.1) is 0 Å². The van der Waals surface area contributed by atoms with Gasteiger partial charge in [-0.15, -0.1) is 0 Å². The number of hydrogen-bond acceptors (Lipinski definition) is 2. The van der Waals surface area contributed by atoms with Gasteiger partial charge in [0.05, 0.1) is 27.8 Å². The number of anilines is 6. The molecule has 0 saturated heterocycles. The molecule has 506 valence electrons. The normalized spacial score (nSPS) is 14.0. The van der Waals surface area contributed by atoms with Crippen LogP contribution in [0.1, 0.15) is 154 Å². The van der Waals surface area contributed by atoms with E-state index in [1.807, 2.05) is 0 Å². The summed E-state index contributed by atoms with van der Waals surface area (Å²) in [6.45, 7) is 35.0. The molecule has 14 aromatic rings. The fraction of sp³-hybridized carbons (Fsp3) is 0.212. The maximum atomic E-state index is 2.71. The van der Waals surface area contributed by atoms with Gasteiger partial charge < -0.3 is 14.4 Å². The SMILES string of the molecule is CC(C)(C)c1ccc(-c2cc(C(C)(C)C)ccc2N2c3ccc(-c4ccccc4)cc3B3c4ccc(-n5c6ccccc6c6cc7c(cc65)C(c5ccccc5)(c5ccccc5)c5ccccc5-7)cc4N(c4ccc(C(C)(C)C)cc4-c4ccc(C(C)(C)C)cc4)c4cc(C(C)(C)C)cc2c43)cc1. The summed E-state index contributed by atoms with van der Waals surface area (Å²) in [6.07, 6.45) is 0. The molecule has 17 rings (SSSR count). The van der Waals surface area contributed by atoms with Gasteiger partial charge in [-0.2, -0.15) is 0 Å². The molecule has 2 aliphatic heterocycles. The molecule has 0 radical (unpaired) electrons. The minimum Gasteiger partial charge on any atom is -0.311 e. The molecule has 0 amide bonds. The average Bonchev–Trinajstić information content (AvgIpc) is 1.68. The fourth-order valence-corrected chi connectivity index (χ4v) is 17.2. The summed E-state index contributed by atoms with van der Waals surface area (Å²) < 4.78 is 2.59. The van der Waals surface area contributed by atoms with Crippen molar-refractivity contribution in [2.24, 2.45) is 0 Å². The van der Waals surface area contributed by atoms with Gasteiger partial charge in [0.1, 0.15) is 0 Å². The molecule has 0 saturated carbocycles.